The minimum Gasteiger partial charge on any atom is -0.352 e. The van der Waals surface area contributed by atoms with Crippen LogP contribution in [-0.4, -0.2) is 44.0 Å². The molecule has 1 atom stereocenters. The third-order valence-corrected chi connectivity index (χ3v) is 5.14. The summed E-state index contributed by atoms with van der Waals surface area (Å²) < 4.78 is 24.6. The summed E-state index contributed by atoms with van der Waals surface area (Å²) in [6.07, 6.45) is 7.90. The van der Waals surface area contributed by atoms with Gasteiger partial charge in [0.2, 0.25) is 15.9 Å². The molecule has 1 aliphatic heterocycles. The van der Waals surface area contributed by atoms with Crippen LogP contribution in [0.4, 0.5) is 0 Å². The zero-order valence-corrected chi connectivity index (χ0v) is 14.3. The Morgan fingerprint density at radius 3 is 2.78 bits per heavy atom. The lowest BCUT2D eigenvalue weighted by molar-refractivity contribution is -0.122. The van der Waals surface area contributed by atoms with E-state index in [4.69, 9.17) is 0 Å². The van der Waals surface area contributed by atoms with E-state index in [2.05, 4.69) is 5.32 Å². The molecule has 0 saturated carbocycles. The molecule has 1 aliphatic rings. The van der Waals surface area contributed by atoms with Gasteiger partial charge in [0, 0.05) is 25.6 Å². The molecule has 1 unspecified atom stereocenters. The lowest BCUT2D eigenvalue weighted by atomic mass is 10.1. The molecule has 0 radical (unpaired) electrons. The fraction of sp³-hybridized carbons (Fsp3) is 0.471. The summed E-state index contributed by atoms with van der Waals surface area (Å²) in [5.41, 5.74) is 1.11. The summed E-state index contributed by atoms with van der Waals surface area (Å²) in [4.78, 5) is 12.0. The average molecular weight is 336 g/mol. The van der Waals surface area contributed by atoms with Crippen molar-refractivity contribution in [3.63, 3.8) is 0 Å². The van der Waals surface area contributed by atoms with Gasteiger partial charge in [0.25, 0.3) is 0 Å². The van der Waals surface area contributed by atoms with E-state index in [1.807, 2.05) is 42.5 Å². The molecule has 5 nitrogen and oxygen atoms in total. The van der Waals surface area contributed by atoms with Crippen LogP contribution < -0.4 is 5.32 Å². The molecule has 1 saturated heterocycles. The Balaban J connectivity index is 1.73. The van der Waals surface area contributed by atoms with Crippen LogP contribution >= 0.6 is 0 Å². The second-order valence-corrected chi connectivity index (χ2v) is 7.86. The first-order valence-corrected chi connectivity index (χ1v) is 9.76. The van der Waals surface area contributed by atoms with E-state index in [9.17, 15) is 13.2 Å². The van der Waals surface area contributed by atoms with Crippen LogP contribution in [0.2, 0.25) is 0 Å². The minimum atomic E-state index is -3.18. The van der Waals surface area contributed by atoms with Crippen LogP contribution in [0, 0.1) is 0 Å². The van der Waals surface area contributed by atoms with Crippen LogP contribution in [0.3, 0.4) is 0 Å². The van der Waals surface area contributed by atoms with Crippen molar-refractivity contribution >= 4 is 22.0 Å². The fourth-order valence-electron chi connectivity index (χ4n) is 2.66. The van der Waals surface area contributed by atoms with Crippen molar-refractivity contribution in [2.75, 3.05) is 19.3 Å². The van der Waals surface area contributed by atoms with Gasteiger partial charge in [-0.05, 0) is 24.8 Å². The van der Waals surface area contributed by atoms with Crippen molar-refractivity contribution in [1.29, 1.82) is 0 Å². The van der Waals surface area contributed by atoms with E-state index >= 15 is 0 Å². The van der Waals surface area contributed by atoms with Crippen molar-refractivity contribution in [2.24, 2.45) is 0 Å². The molecule has 1 fully saturated rings. The van der Waals surface area contributed by atoms with E-state index in [1.165, 1.54) is 10.6 Å². The third-order valence-electron chi connectivity index (χ3n) is 3.87. The van der Waals surface area contributed by atoms with E-state index in [0.717, 1.165) is 18.4 Å². The maximum absolute atomic E-state index is 12.0. The highest BCUT2D eigenvalue weighted by atomic mass is 32.2. The summed E-state index contributed by atoms with van der Waals surface area (Å²) >= 11 is 0. The molecule has 0 aromatic heterocycles. The van der Waals surface area contributed by atoms with Crippen molar-refractivity contribution in [3.8, 4) is 0 Å². The Labute approximate surface area is 138 Å². The number of nitrogens with zero attached hydrogens (tertiary/aromatic N) is 1. The highest BCUT2D eigenvalue weighted by Crippen LogP contribution is 2.13. The number of benzene rings is 1. The van der Waals surface area contributed by atoms with Gasteiger partial charge in [-0.2, -0.15) is 0 Å². The average Bonchev–Trinajstić information content (AvgIpc) is 2.52. The molecule has 1 aromatic carbocycles. The summed E-state index contributed by atoms with van der Waals surface area (Å²) in [5.74, 6) is -0.0249. The number of piperidine rings is 1. The zero-order chi connectivity index (χ0) is 16.7. The number of sulfonamides is 1. The Kier molecular flexibility index (Phi) is 6.36. The predicted molar refractivity (Wildman–Crippen MR) is 92.3 cm³/mol. The maximum Gasteiger partial charge on any atom is 0.220 e. The topological polar surface area (TPSA) is 66.5 Å². The molecule has 6 heteroatoms. The van der Waals surface area contributed by atoms with Crippen molar-refractivity contribution in [3.05, 3.63) is 42.0 Å². The molecule has 1 amide bonds. The number of rotatable bonds is 6. The van der Waals surface area contributed by atoms with Gasteiger partial charge < -0.3 is 5.32 Å². The minimum absolute atomic E-state index is 0.0249. The van der Waals surface area contributed by atoms with Crippen molar-refractivity contribution in [2.45, 2.75) is 31.7 Å². The lowest BCUT2D eigenvalue weighted by Gasteiger charge is -2.31. The van der Waals surface area contributed by atoms with E-state index in [1.54, 1.807) is 0 Å². The van der Waals surface area contributed by atoms with Crippen LogP contribution in [0.1, 0.15) is 31.2 Å². The molecule has 0 spiro atoms. The zero-order valence-electron chi connectivity index (χ0n) is 13.4. The third kappa shape index (κ3) is 6.15. The standard InChI is InChI=1S/C17H24N2O3S/c1-23(21,22)19-13-7-11-16(14-19)18-17(20)12-6-5-10-15-8-3-2-4-9-15/h2-5,8-10,16H,6-7,11-14H2,1H3,(H,18,20)/b10-5+. The molecule has 0 aliphatic carbocycles. The number of hydrogen-bond acceptors (Lipinski definition) is 3. The highest BCUT2D eigenvalue weighted by Gasteiger charge is 2.26. The van der Waals surface area contributed by atoms with Gasteiger partial charge in [-0.1, -0.05) is 42.5 Å². The SMILES string of the molecule is CS(=O)(=O)N1CCCC(NC(=O)CC/C=C/c2ccccc2)C1. The first kappa shape index (κ1) is 17.7. The number of hydrogen-bond donors (Lipinski definition) is 1. The van der Waals surface area contributed by atoms with Crippen LogP contribution in [0.15, 0.2) is 36.4 Å². The van der Waals surface area contributed by atoms with Gasteiger partial charge in [-0.3, -0.25) is 4.79 Å². The summed E-state index contributed by atoms with van der Waals surface area (Å²) in [5, 5.41) is 2.94. The largest absolute Gasteiger partial charge is 0.352 e. The monoisotopic (exact) mass is 336 g/mol. The second kappa shape index (κ2) is 8.26. The summed E-state index contributed by atoms with van der Waals surface area (Å²) in [7, 11) is -3.18. The number of allylic oxidation sites excluding steroid dienone is 1. The Morgan fingerprint density at radius 2 is 2.09 bits per heavy atom. The first-order chi connectivity index (χ1) is 10.9. The normalized spacial score (nSPS) is 19.8. The van der Waals surface area contributed by atoms with Crippen molar-refractivity contribution in [1.82, 2.24) is 9.62 Å². The van der Waals surface area contributed by atoms with Gasteiger partial charge >= 0.3 is 0 Å². The summed E-state index contributed by atoms with van der Waals surface area (Å²) in [6.45, 7) is 0.926. The quantitative estimate of drug-likeness (QED) is 0.864. The molecule has 23 heavy (non-hydrogen) atoms. The summed E-state index contributed by atoms with van der Waals surface area (Å²) in [6, 6.07) is 9.86. The van der Waals surface area contributed by atoms with Gasteiger partial charge in [0.1, 0.15) is 0 Å². The molecule has 0 bridgehead atoms. The van der Waals surface area contributed by atoms with Crippen LogP contribution in [0.5, 0.6) is 0 Å². The van der Waals surface area contributed by atoms with Gasteiger partial charge in [-0.25, -0.2) is 12.7 Å². The highest BCUT2D eigenvalue weighted by molar-refractivity contribution is 7.88. The maximum atomic E-state index is 12.0. The van der Waals surface area contributed by atoms with Gasteiger partial charge in [0.05, 0.1) is 6.26 Å². The van der Waals surface area contributed by atoms with E-state index in [-0.39, 0.29) is 11.9 Å². The Bertz CT molecular complexity index is 641. The van der Waals surface area contributed by atoms with Crippen LogP contribution in [0.25, 0.3) is 6.08 Å². The molecule has 1 N–H and O–H groups in total. The lowest BCUT2D eigenvalue weighted by Crippen LogP contribution is -2.49. The van der Waals surface area contributed by atoms with Gasteiger partial charge in [-0.15, -0.1) is 0 Å². The molecule has 1 heterocycles. The molecule has 2 rings (SSSR count). The number of carbonyl (C=O) groups excluding carboxylic acids is 1. The van der Waals surface area contributed by atoms with E-state index in [0.29, 0.717) is 25.9 Å². The Morgan fingerprint density at radius 1 is 1.35 bits per heavy atom. The van der Waals surface area contributed by atoms with Crippen LogP contribution in [-0.2, 0) is 14.8 Å². The number of nitrogens with one attached hydrogen (secondary N) is 1. The molecular formula is C17H24N2O3S. The van der Waals surface area contributed by atoms with Gasteiger partial charge in [0.15, 0.2) is 0 Å². The molecular weight excluding hydrogens is 312 g/mol. The Hall–Kier alpha value is -1.66. The molecule has 1 aromatic rings. The molecule has 126 valence electrons. The number of carbonyl (C=O) groups is 1. The fourth-order valence-corrected chi connectivity index (χ4v) is 3.57. The second-order valence-electron chi connectivity index (χ2n) is 5.88. The number of amides is 1. The predicted octanol–water partition coefficient (Wildman–Crippen LogP) is 2.02. The first-order valence-electron chi connectivity index (χ1n) is 7.91. The van der Waals surface area contributed by atoms with Crippen molar-refractivity contribution < 1.29 is 13.2 Å². The van der Waals surface area contributed by atoms with E-state index < -0.39 is 10.0 Å². The smallest absolute Gasteiger partial charge is 0.220 e.